The molecule has 0 saturated carbocycles. The molecular weight excluding hydrogens is 432 g/mol. The Morgan fingerprint density at radius 3 is 2.15 bits per heavy atom. The second-order valence-electron chi connectivity index (χ2n) is 6.73. The predicted octanol–water partition coefficient (Wildman–Crippen LogP) is 2.66. The summed E-state index contributed by atoms with van der Waals surface area (Å²) >= 11 is 0. The molecule has 11 nitrogen and oxygen atoms in total. The van der Waals surface area contributed by atoms with E-state index in [1.165, 1.54) is 26.4 Å². The van der Waals surface area contributed by atoms with Crippen molar-refractivity contribution < 1.29 is 24.0 Å². The quantitative estimate of drug-likeness (QED) is 0.395. The molecule has 0 radical (unpaired) electrons. The van der Waals surface area contributed by atoms with Gasteiger partial charge in [-0.05, 0) is 12.1 Å². The molecule has 0 atom stereocenters. The highest BCUT2D eigenvalue weighted by Gasteiger charge is 2.17. The number of nitrogens with zero attached hydrogens (tertiary/aromatic N) is 2. The maximum atomic E-state index is 12.5. The van der Waals surface area contributed by atoms with Gasteiger partial charge in [0.1, 0.15) is 18.0 Å². The molecule has 1 heterocycles. The predicted molar refractivity (Wildman–Crippen MR) is 120 cm³/mol. The van der Waals surface area contributed by atoms with E-state index in [-0.39, 0.29) is 28.8 Å². The summed E-state index contributed by atoms with van der Waals surface area (Å²) in [6.45, 7) is -0.460. The van der Waals surface area contributed by atoms with E-state index in [4.69, 9.17) is 9.47 Å². The number of ether oxygens (including phenoxy) is 2. The fraction of sp³-hybridized carbons (Fsp3) is 0.136. The van der Waals surface area contributed by atoms with Crippen LogP contribution in [0, 0.1) is 10.1 Å². The van der Waals surface area contributed by atoms with E-state index in [1.54, 1.807) is 30.3 Å². The summed E-state index contributed by atoms with van der Waals surface area (Å²) < 4.78 is 11.6. The summed E-state index contributed by atoms with van der Waals surface area (Å²) in [4.78, 5) is 47.2. The SMILES string of the molecule is COc1cc(NC(=O)c2ccccc2)c(OC)cc1NC(=O)Cn1cc([N+](=O)[O-])ccc1=O. The van der Waals surface area contributed by atoms with Crippen molar-refractivity contribution in [1.82, 2.24) is 4.57 Å². The highest BCUT2D eigenvalue weighted by atomic mass is 16.6. The van der Waals surface area contributed by atoms with Crippen molar-refractivity contribution in [3.05, 3.63) is 86.8 Å². The molecule has 0 aliphatic rings. The third-order valence-electron chi connectivity index (χ3n) is 4.57. The molecule has 0 spiro atoms. The Hall–Kier alpha value is -4.67. The van der Waals surface area contributed by atoms with Crippen molar-refractivity contribution >= 4 is 28.9 Å². The number of benzene rings is 2. The summed E-state index contributed by atoms with van der Waals surface area (Å²) in [6.07, 6.45) is 0.988. The van der Waals surface area contributed by atoms with Crippen LogP contribution in [0.5, 0.6) is 11.5 Å². The van der Waals surface area contributed by atoms with Crippen molar-refractivity contribution in [2.24, 2.45) is 0 Å². The standard InChI is InChI=1S/C22H20N4O7/c1-32-18-11-17(24-22(29)14-6-4-3-5-7-14)19(33-2)10-16(18)23-20(27)13-25-12-15(26(30)31)8-9-21(25)28/h3-12H,13H2,1-2H3,(H,23,27)(H,24,29). The Balaban J connectivity index is 1.83. The molecule has 0 saturated heterocycles. The Bertz CT molecular complexity index is 1260. The van der Waals surface area contributed by atoms with Gasteiger partial charge >= 0.3 is 0 Å². The molecule has 0 bridgehead atoms. The van der Waals surface area contributed by atoms with Gasteiger partial charge < -0.3 is 20.1 Å². The summed E-state index contributed by atoms with van der Waals surface area (Å²) in [5, 5.41) is 16.2. The minimum Gasteiger partial charge on any atom is -0.494 e. The third-order valence-corrected chi connectivity index (χ3v) is 4.57. The zero-order chi connectivity index (χ0) is 24.0. The average molecular weight is 452 g/mol. The van der Waals surface area contributed by atoms with Gasteiger partial charge in [0.2, 0.25) is 5.91 Å². The highest BCUT2D eigenvalue weighted by molar-refractivity contribution is 6.05. The number of rotatable bonds is 8. The first-order valence-corrected chi connectivity index (χ1v) is 9.59. The second kappa shape index (κ2) is 10.1. The fourth-order valence-corrected chi connectivity index (χ4v) is 2.97. The van der Waals surface area contributed by atoms with Crippen LogP contribution in [0.2, 0.25) is 0 Å². The van der Waals surface area contributed by atoms with Crippen LogP contribution in [0.3, 0.4) is 0 Å². The number of carbonyl (C=O) groups is 2. The Morgan fingerprint density at radius 1 is 0.970 bits per heavy atom. The minimum atomic E-state index is -0.663. The molecule has 2 amide bonds. The third kappa shape index (κ3) is 5.53. The fourth-order valence-electron chi connectivity index (χ4n) is 2.97. The first kappa shape index (κ1) is 23.0. The number of nitro groups is 1. The zero-order valence-corrected chi connectivity index (χ0v) is 17.7. The average Bonchev–Trinajstić information content (AvgIpc) is 2.81. The van der Waals surface area contributed by atoms with Crippen LogP contribution in [-0.2, 0) is 11.3 Å². The molecule has 0 aliphatic heterocycles. The molecule has 0 fully saturated rings. The molecule has 2 N–H and O–H groups in total. The van der Waals surface area contributed by atoms with Crippen molar-refractivity contribution in [1.29, 1.82) is 0 Å². The zero-order valence-electron chi connectivity index (χ0n) is 17.7. The van der Waals surface area contributed by atoms with E-state index in [0.29, 0.717) is 11.3 Å². The summed E-state index contributed by atoms with van der Waals surface area (Å²) in [5.74, 6) is -0.515. The first-order valence-electron chi connectivity index (χ1n) is 9.59. The molecule has 3 aromatic rings. The largest absolute Gasteiger partial charge is 0.494 e. The molecule has 2 aromatic carbocycles. The van der Waals surface area contributed by atoms with Gasteiger partial charge in [-0.15, -0.1) is 0 Å². The lowest BCUT2D eigenvalue weighted by molar-refractivity contribution is -0.385. The molecule has 0 aliphatic carbocycles. The van der Waals surface area contributed by atoms with Crippen LogP contribution in [0.15, 0.2) is 65.6 Å². The maximum Gasteiger partial charge on any atom is 0.285 e. The Kier molecular flexibility index (Phi) is 7.03. The first-order chi connectivity index (χ1) is 15.8. The number of aromatic nitrogens is 1. The number of nitrogens with one attached hydrogen (secondary N) is 2. The Labute approximate surface area is 187 Å². The number of amides is 2. The van der Waals surface area contributed by atoms with Gasteiger partial charge in [0.15, 0.2) is 0 Å². The molecule has 170 valence electrons. The van der Waals surface area contributed by atoms with E-state index in [0.717, 1.165) is 22.9 Å². The van der Waals surface area contributed by atoms with Gasteiger partial charge in [-0.25, -0.2) is 0 Å². The lowest BCUT2D eigenvalue weighted by Gasteiger charge is -2.16. The van der Waals surface area contributed by atoms with Crippen LogP contribution < -0.4 is 25.7 Å². The number of methoxy groups -OCH3 is 2. The van der Waals surface area contributed by atoms with Crippen molar-refractivity contribution in [2.75, 3.05) is 24.9 Å². The van der Waals surface area contributed by atoms with E-state index in [2.05, 4.69) is 10.6 Å². The summed E-state index contributed by atoms with van der Waals surface area (Å²) in [7, 11) is 2.78. The number of anilines is 2. The lowest BCUT2D eigenvalue weighted by Crippen LogP contribution is -2.27. The smallest absolute Gasteiger partial charge is 0.285 e. The minimum absolute atomic E-state index is 0.218. The van der Waals surface area contributed by atoms with Crippen molar-refractivity contribution in [2.45, 2.75) is 6.54 Å². The Morgan fingerprint density at radius 2 is 1.58 bits per heavy atom. The van der Waals surface area contributed by atoms with Crippen molar-refractivity contribution in [3.63, 3.8) is 0 Å². The molecular formula is C22H20N4O7. The molecule has 33 heavy (non-hydrogen) atoms. The lowest BCUT2D eigenvalue weighted by atomic mass is 10.2. The number of hydrogen-bond acceptors (Lipinski definition) is 7. The maximum absolute atomic E-state index is 12.5. The number of pyridine rings is 1. The number of carbonyl (C=O) groups excluding carboxylic acids is 2. The second-order valence-corrected chi connectivity index (χ2v) is 6.73. The molecule has 3 rings (SSSR count). The van der Waals surface area contributed by atoms with E-state index >= 15 is 0 Å². The van der Waals surface area contributed by atoms with Gasteiger partial charge in [0.25, 0.3) is 17.2 Å². The van der Waals surface area contributed by atoms with Gasteiger partial charge in [-0.1, -0.05) is 18.2 Å². The van der Waals surface area contributed by atoms with Crippen LogP contribution in [-0.4, -0.2) is 35.5 Å². The highest BCUT2D eigenvalue weighted by Crippen LogP contribution is 2.36. The monoisotopic (exact) mass is 452 g/mol. The number of hydrogen-bond donors (Lipinski definition) is 2. The van der Waals surface area contributed by atoms with Crippen LogP contribution in [0.25, 0.3) is 0 Å². The topological polar surface area (TPSA) is 142 Å². The van der Waals surface area contributed by atoms with E-state index < -0.39 is 22.9 Å². The van der Waals surface area contributed by atoms with Gasteiger partial charge in [-0.2, -0.15) is 0 Å². The van der Waals surface area contributed by atoms with Gasteiger partial charge in [0.05, 0.1) is 36.7 Å². The van der Waals surface area contributed by atoms with Crippen LogP contribution in [0.4, 0.5) is 17.1 Å². The normalized spacial score (nSPS) is 10.2. The van der Waals surface area contributed by atoms with Gasteiger partial charge in [-0.3, -0.25) is 29.1 Å². The van der Waals surface area contributed by atoms with Crippen LogP contribution in [0.1, 0.15) is 10.4 Å². The summed E-state index contributed by atoms with van der Waals surface area (Å²) in [5.41, 5.74) is 0.0874. The molecule has 1 aromatic heterocycles. The van der Waals surface area contributed by atoms with E-state index in [9.17, 15) is 24.5 Å². The van der Waals surface area contributed by atoms with Crippen LogP contribution >= 0.6 is 0 Å². The summed E-state index contributed by atoms with van der Waals surface area (Å²) in [6, 6.07) is 13.6. The van der Waals surface area contributed by atoms with Gasteiger partial charge in [0, 0.05) is 29.8 Å². The molecule has 0 unspecified atom stereocenters. The molecule has 11 heteroatoms. The van der Waals surface area contributed by atoms with Crippen molar-refractivity contribution in [3.8, 4) is 11.5 Å². The van der Waals surface area contributed by atoms with E-state index in [1.807, 2.05) is 0 Å².